The fraction of sp³-hybridized carbons (Fsp3) is 0.273. The molecule has 1 aliphatic rings. The molecule has 0 atom stereocenters. The van der Waals surface area contributed by atoms with Crippen LogP contribution in [0.4, 0.5) is 5.69 Å². The van der Waals surface area contributed by atoms with Gasteiger partial charge in [0.05, 0.1) is 16.6 Å². The predicted octanol–water partition coefficient (Wildman–Crippen LogP) is 1.72. The Morgan fingerprint density at radius 3 is 2.50 bits per heavy atom. The molecule has 0 saturated heterocycles. The van der Waals surface area contributed by atoms with Crippen LogP contribution in [0.25, 0.3) is 0 Å². The normalized spacial score (nSPS) is 17.3. The predicted molar refractivity (Wildman–Crippen MR) is 54.6 cm³/mol. The first-order chi connectivity index (χ1) is 7.59. The summed E-state index contributed by atoms with van der Waals surface area (Å²) in [5.74, 6) is -0.0281. The van der Waals surface area contributed by atoms with Gasteiger partial charge in [0.2, 0.25) is 0 Å². The summed E-state index contributed by atoms with van der Waals surface area (Å²) in [4.78, 5) is 21.3. The van der Waals surface area contributed by atoms with Gasteiger partial charge in [-0.2, -0.15) is 5.26 Å². The summed E-state index contributed by atoms with van der Waals surface area (Å²) in [5, 5.41) is 19.9. The van der Waals surface area contributed by atoms with E-state index in [0.717, 1.165) is 0 Å². The third kappa shape index (κ3) is 1.36. The van der Waals surface area contributed by atoms with Gasteiger partial charge in [0.15, 0.2) is 0 Å². The third-order valence-corrected chi connectivity index (χ3v) is 2.83. The molecular formula is C11H8N2O3. The van der Waals surface area contributed by atoms with E-state index >= 15 is 0 Å². The number of hydrogen-bond donors (Lipinski definition) is 0. The highest BCUT2D eigenvalue weighted by atomic mass is 16.6. The molecule has 16 heavy (non-hydrogen) atoms. The van der Waals surface area contributed by atoms with Crippen LogP contribution in [0.3, 0.4) is 0 Å². The molecule has 80 valence electrons. The van der Waals surface area contributed by atoms with E-state index < -0.39 is 10.3 Å². The Bertz CT molecular complexity index is 508. The monoisotopic (exact) mass is 216 g/mol. The lowest BCUT2D eigenvalue weighted by molar-refractivity contribution is -0.386. The van der Waals surface area contributed by atoms with Gasteiger partial charge in [-0.3, -0.25) is 14.9 Å². The lowest BCUT2D eigenvalue weighted by Gasteiger charge is -2.33. The minimum Gasteiger partial charge on any atom is -0.300 e. The van der Waals surface area contributed by atoms with Gasteiger partial charge in [0.1, 0.15) is 11.2 Å². The molecule has 2 rings (SSSR count). The maximum atomic E-state index is 11.0. The number of carbonyl (C=O) groups is 1. The maximum absolute atomic E-state index is 11.0. The summed E-state index contributed by atoms with van der Waals surface area (Å²) in [6.45, 7) is 0. The Morgan fingerprint density at radius 2 is 2.00 bits per heavy atom. The fourth-order valence-corrected chi connectivity index (χ4v) is 1.99. The van der Waals surface area contributed by atoms with E-state index in [-0.39, 0.29) is 24.3 Å². The topological polar surface area (TPSA) is 84.0 Å². The molecule has 1 aromatic rings. The van der Waals surface area contributed by atoms with Gasteiger partial charge in [0.25, 0.3) is 5.69 Å². The third-order valence-electron chi connectivity index (χ3n) is 2.83. The highest BCUT2D eigenvalue weighted by molar-refractivity contribution is 5.90. The second-order valence-electron chi connectivity index (χ2n) is 3.86. The zero-order valence-corrected chi connectivity index (χ0v) is 8.34. The summed E-state index contributed by atoms with van der Waals surface area (Å²) in [5.41, 5.74) is -0.723. The molecule has 1 saturated carbocycles. The minimum atomic E-state index is -0.985. The molecule has 1 aliphatic carbocycles. The number of rotatable bonds is 2. The Balaban J connectivity index is 2.52. The number of nitriles is 1. The largest absolute Gasteiger partial charge is 0.300 e. The first kappa shape index (κ1) is 10.3. The SMILES string of the molecule is N#CC1(c2ccccc2[N+](=O)[O-])CC(=O)C1. The van der Waals surface area contributed by atoms with E-state index in [1.54, 1.807) is 18.2 Å². The summed E-state index contributed by atoms with van der Waals surface area (Å²) >= 11 is 0. The van der Waals surface area contributed by atoms with Crippen LogP contribution in [0.5, 0.6) is 0 Å². The van der Waals surface area contributed by atoms with Crippen LogP contribution in [0.2, 0.25) is 0 Å². The minimum absolute atomic E-state index is 0.0281. The Labute approximate surface area is 91.5 Å². The van der Waals surface area contributed by atoms with Gasteiger partial charge in [-0.05, 0) is 0 Å². The van der Waals surface area contributed by atoms with Crippen molar-refractivity contribution in [2.75, 3.05) is 0 Å². The number of ketones is 1. The number of hydrogen-bond acceptors (Lipinski definition) is 4. The lowest BCUT2D eigenvalue weighted by atomic mass is 9.64. The average molecular weight is 216 g/mol. The molecule has 0 spiro atoms. The van der Waals surface area contributed by atoms with E-state index in [0.29, 0.717) is 5.56 Å². The molecular weight excluding hydrogens is 208 g/mol. The fourth-order valence-electron chi connectivity index (χ4n) is 1.99. The number of benzene rings is 1. The quantitative estimate of drug-likeness (QED) is 0.556. The number of nitrogens with zero attached hydrogens (tertiary/aromatic N) is 2. The van der Waals surface area contributed by atoms with Crippen LogP contribution in [-0.4, -0.2) is 10.7 Å². The van der Waals surface area contributed by atoms with Crippen molar-refractivity contribution < 1.29 is 9.72 Å². The number of carbonyl (C=O) groups excluding carboxylic acids is 1. The molecule has 0 aliphatic heterocycles. The summed E-state index contributed by atoms with van der Waals surface area (Å²) in [6, 6.07) is 8.13. The molecule has 0 aromatic heterocycles. The molecule has 0 unspecified atom stereocenters. The lowest BCUT2D eigenvalue weighted by Crippen LogP contribution is -2.40. The van der Waals surface area contributed by atoms with Crippen molar-refractivity contribution in [2.24, 2.45) is 0 Å². The standard InChI is InChI=1S/C11H8N2O3/c12-7-11(5-8(14)6-11)9-3-1-2-4-10(9)13(15)16/h1-4H,5-6H2. The highest BCUT2D eigenvalue weighted by Crippen LogP contribution is 2.44. The van der Waals surface area contributed by atoms with Crippen molar-refractivity contribution in [1.82, 2.24) is 0 Å². The Hall–Kier alpha value is -2.22. The molecule has 0 N–H and O–H groups in total. The van der Waals surface area contributed by atoms with Crippen LogP contribution in [0.15, 0.2) is 24.3 Å². The van der Waals surface area contributed by atoms with Gasteiger partial charge in [0, 0.05) is 18.9 Å². The summed E-state index contributed by atoms with van der Waals surface area (Å²) < 4.78 is 0. The Kier molecular flexibility index (Phi) is 2.20. The van der Waals surface area contributed by atoms with Crippen molar-refractivity contribution in [1.29, 1.82) is 5.26 Å². The van der Waals surface area contributed by atoms with Gasteiger partial charge < -0.3 is 0 Å². The second-order valence-corrected chi connectivity index (χ2v) is 3.86. The summed E-state index contributed by atoms with van der Waals surface area (Å²) in [7, 11) is 0. The average Bonchev–Trinajstić information content (AvgIpc) is 2.24. The highest BCUT2D eigenvalue weighted by Gasteiger charge is 2.48. The van der Waals surface area contributed by atoms with Crippen LogP contribution < -0.4 is 0 Å². The molecule has 0 radical (unpaired) electrons. The van der Waals surface area contributed by atoms with Crippen molar-refractivity contribution in [3.63, 3.8) is 0 Å². The van der Waals surface area contributed by atoms with Crippen LogP contribution in [0, 0.1) is 21.4 Å². The van der Waals surface area contributed by atoms with E-state index in [4.69, 9.17) is 5.26 Å². The van der Waals surface area contributed by atoms with E-state index in [1.165, 1.54) is 6.07 Å². The van der Waals surface area contributed by atoms with Crippen LogP contribution >= 0.6 is 0 Å². The van der Waals surface area contributed by atoms with Crippen molar-refractivity contribution in [3.05, 3.63) is 39.9 Å². The molecule has 5 heteroatoms. The van der Waals surface area contributed by atoms with Crippen molar-refractivity contribution in [2.45, 2.75) is 18.3 Å². The van der Waals surface area contributed by atoms with Gasteiger partial charge in [-0.1, -0.05) is 18.2 Å². The van der Waals surface area contributed by atoms with Gasteiger partial charge in [-0.15, -0.1) is 0 Å². The van der Waals surface area contributed by atoms with Crippen LogP contribution in [0.1, 0.15) is 18.4 Å². The van der Waals surface area contributed by atoms with Crippen molar-refractivity contribution in [3.8, 4) is 6.07 Å². The molecule has 0 amide bonds. The Morgan fingerprint density at radius 1 is 1.38 bits per heavy atom. The van der Waals surface area contributed by atoms with E-state index in [1.807, 2.05) is 6.07 Å². The zero-order chi connectivity index (χ0) is 11.8. The zero-order valence-electron chi connectivity index (χ0n) is 8.34. The maximum Gasteiger partial charge on any atom is 0.274 e. The van der Waals surface area contributed by atoms with Crippen LogP contribution in [-0.2, 0) is 10.2 Å². The second kappa shape index (κ2) is 3.42. The first-order valence-electron chi connectivity index (χ1n) is 4.76. The smallest absolute Gasteiger partial charge is 0.274 e. The van der Waals surface area contributed by atoms with Gasteiger partial charge >= 0.3 is 0 Å². The van der Waals surface area contributed by atoms with Gasteiger partial charge in [-0.25, -0.2) is 0 Å². The molecule has 1 aromatic carbocycles. The number of nitro benzene ring substituents is 1. The molecule has 0 heterocycles. The van der Waals surface area contributed by atoms with E-state index in [2.05, 4.69) is 0 Å². The molecule has 5 nitrogen and oxygen atoms in total. The number of Topliss-reactive ketones (excluding diaryl/α,β-unsaturated/α-hetero) is 1. The number of nitro groups is 1. The molecule has 1 fully saturated rings. The number of para-hydroxylation sites is 1. The van der Waals surface area contributed by atoms with E-state index in [9.17, 15) is 14.9 Å². The summed E-state index contributed by atoms with van der Waals surface area (Å²) in [6.07, 6.45) is 0.155. The first-order valence-corrected chi connectivity index (χ1v) is 4.76. The van der Waals surface area contributed by atoms with Crippen molar-refractivity contribution >= 4 is 11.5 Å². The molecule has 0 bridgehead atoms.